The molecule has 2 N–H and O–H groups in total. The van der Waals surface area contributed by atoms with Crippen LogP contribution >= 0.6 is 0 Å². The number of carbonyl (C=O) groups excluding carboxylic acids is 1. The number of fused-ring (bicyclic) bond motifs is 2. The van der Waals surface area contributed by atoms with Gasteiger partial charge < -0.3 is 10.1 Å². The fourth-order valence-corrected chi connectivity index (χ4v) is 4.39. The van der Waals surface area contributed by atoms with Crippen molar-refractivity contribution in [3.63, 3.8) is 0 Å². The van der Waals surface area contributed by atoms with Crippen molar-refractivity contribution in [1.29, 1.82) is 0 Å². The summed E-state index contributed by atoms with van der Waals surface area (Å²) in [6.07, 6.45) is -6.11. The van der Waals surface area contributed by atoms with Gasteiger partial charge >= 0.3 is 12.3 Å². The lowest BCUT2D eigenvalue weighted by Gasteiger charge is -2.28. The zero-order valence-corrected chi connectivity index (χ0v) is 15.1. The second-order valence-corrected chi connectivity index (χ2v) is 7.39. The third-order valence-corrected chi connectivity index (χ3v) is 5.63. The van der Waals surface area contributed by atoms with Crippen LogP contribution in [0.1, 0.15) is 35.4 Å². The van der Waals surface area contributed by atoms with Gasteiger partial charge in [-0.1, -0.05) is 0 Å². The van der Waals surface area contributed by atoms with Gasteiger partial charge in [-0.2, -0.15) is 18.3 Å². The minimum atomic E-state index is -4.81. The standard InChI is InChI=1S/C18H17F4N5O2/c19-10-6-23-7-12(10)27-11-3-1-2-8(11)14(26-27)9-4-5-24-16-13(9)15(18(20,21)22)29-17(28)25-16/h4-5,10,12,15,23H,1-3,6-7H2,(H,24,25,28)/t10-,12+,15-/m1/s1. The van der Waals surface area contributed by atoms with Crippen molar-refractivity contribution in [3.8, 4) is 11.3 Å². The van der Waals surface area contributed by atoms with E-state index in [-0.39, 0.29) is 23.5 Å². The van der Waals surface area contributed by atoms with Gasteiger partial charge in [0, 0.05) is 36.1 Å². The van der Waals surface area contributed by atoms with Crippen molar-refractivity contribution in [1.82, 2.24) is 20.1 Å². The number of rotatable bonds is 2. The van der Waals surface area contributed by atoms with Gasteiger partial charge in [0.05, 0.1) is 17.3 Å². The maximum Gasteiger partial charge on any atom is 0.430 e. The first-order chi connectivity index (χ1) is 13.8. The van der Waals surface area contributed by atoms with E-state index < -0.39 is 30.6 Å². The van der Waals surface area contributed by atoms with E-state index in [2.05, 4.69) is 25.5 Å². The predicted octanol–water partition coefficient (Wildman–Crippen LogP) is 3.08. The van der Waals surface area contributed by atoms with Crippen LogP contribution < -0.4 is 10.6 Å². The number of hydrogen-bond donors (Lipinski definition) is 2. The molecule has 3 atom stereocenters. The number of ether oxygens (including phenoxy) is 1. The number of carbonyl (C=O) groups is 1. The first kappa shape index (κ1) is 18.3. The lowest BCUT2D eigenvalue weighted by atomic mass is 9.97. The predicted molar refractivity (Wildman–Crippen MR) is 93.2 cm³/mol. The molecule has 1 fully saturated rings. The third kappa shape index (κ3) is 2.86. The smallest absolute Gasteiger partial charge is 0.430 e. The summed E-state index contributed by atoms with van der Waals surface area (Å²) >= 11 is 0. The number of nitrogens with one attached hydrogen (secondary N) is 2. The van der Waals surface area contributed by atoms with Crippen LogP contribution in [0.2, 0.25) is 0 Å². The molecule has 1 aliphatic carbocycles. The summed E-state index contributed by atoms with van der Waals surface area (Å²) < 4.78 is 61.5. The molecule has 0 radical (unpaired) electrons. The van der Waals surface area contributed by atoms with Gasteiger partial charge in [-0.25, -0.2) is 14.2 Å². The first-order valence-corrected chi connectivity index (χ1v) is 9.33. The lowest BCUT2D eigenvalue weighted by Crippen LogP contribution is -2.34. The van der Waals surface area contributed by atoms with Crippen LogP contribution in [0.4, 0.5) is 28.2 Å². The van der Waals surface area contributed by atoms with Gasteiger partial charge in [0.15, 0.2) is 0 Å². The minimum absolute atomic E-state index is 0.190. The van der Waals surface area contributed by atoms with Crippen molar-refractivity contribution < 1.29 is 27.1 Å². The Labute approximate surface area is 162 Å². The average molecular weight is 411 g/mol. The Morgan fingerprint density at radius 2 is 2.07 bits per heavy atom. The summed E-state index contributed by atoms with van der Waals surface area (Å²) in [4.78, 5) is 15.5. The largest absolute Gasteiger partial charge is 0.431 e. The maximum atomic E-state index is 14.3. The molecule has 1 saturated heterocycles. The van der Waals surface area contributed by atoms with E-state index in [1.807, 2.05) is 0 Å². The third-order valence-electron chi connectivity index (χ3n) is 5.63. The van der Waals surface area contributed by atoms with Crippen molar-refractivity contribution in [2.45, 2.75) is 43.8 Å². The Hall–Kier alpha value is -2.69. The highest BCUT2D eigenvalue weighted by molar-refractivity contribution is 5.89. The molecule has 5 rings (SSSR count). The molecule has 3 aliphatic rings. The van der Waals surface area contributed by atoms with Crippen LogP contribution in [0.3, 0.4) is 0 Å². The van der Waals surface area contributed by atoms with Crippen LogP contribution in [0.5, 0.6) is 0 Å². The second-order valence-electron chi connectivity index (χ2n) is 7.39. The summed E-state index contributed by atoms with van der Waals surface area (Å²) in [6, 6.07) is 0.936. The number of hydrogen-bond acceptors (Lipinski definition) is 5. The molecule has 1 amide bonds. The van der Waals surface area contributed by atoms with Crippen molar-refractivity contribution in [2.24, 2.45) is 0 Å². The van der Waals surface area contributed by atoms with Crippen LogP contribution in [-0.4, -0.2) is 46.3 Å². The number of amides is 1. The molecule has 4 heterocycles. The van der Waals surface area contributed by atoms with E-state index in [4.69, 9.17) is 0 Å². The highest BCUT2D eigenvalue weighted by atomic mass is 19.4. The fraction of sp³-hybridized carbons (Fsp3) is 0.500. The normalized spacial score (nSPS) is 26.1. The van der Waals surface area contributed by atoms with Crippen molar-refractivity contribution in [2.75, 3.05) is 18.4 Å². The Morgan fingerprint density at radius 1 is 1.24 bits per heavy atom. The molecule has 29 heavy (non-hydrogen) atoms. The topological polar surface area (TPSA) is 81.1 Å². The maximum absolute atomic E-state index is 14.3. The van der Waals surface area contributed by atoms with Crippen molar-refractivity contribution >= 4 is 11.9 Å². The van der Waals surface area contributed by atoms with Crippen LogP contribution in [0, 0.1) is 0 Å². The van der Waals surface area contributed by atoms with E-state index in [0.717, 1.165) is 17.7 Å². The van der Waals surface area contributed by atoms with E-state index in [1.54, 1.807) is 4.68 Å². The van der Waals surface area contributed by atoms with E-state index in [0.29, 0.717) is 25.1 Å². The summed E-state index contributed by atoms with van der Waals surface area (Å²) in [5.41, 5.74) is 1.95. The number of pyridine rings is 1. The quantitative estimate of drug-likeness (QED) is 0.743. The van der Waals surface area contributed by atoms with Crippen LogP contribution in [0.15, 0.2) is 12.3 Å². The summed E-state index contributed by atoms with van der Waals surface area (Å²) in [5, 5.41) is 9.76. The molecule has 2 aromatic rings. The molecule has 2 aromatic heterocycles. The van der Waals surface area contributed by atoms with Gasteiger partial charge in [0.25, 0.3) is 0 Å². The second kappa shape index (κ2) is 6.41. The fourth-order valence-electron chi connectivity index (χ4n) is 4.39. The Kier molecular flexibility index (Phi) is 4.05. The van der Waals surface area contributed by atoms with Gasteiger partial charge in [-0.15, -0.1) is 0 Å². The molecule has 0 unspecified atom stereocenters. The van der Waals surface area contributed by atoms with E-state index >= 15 is 0 Å². The highest BCUT2D eigenvalue weighted by Crippen LogP contribution is 2.47. The number of aromatic nitrogens is 3. The molecular weight excluding hydrogens is 394 g/mol. The van der Waals surface area contributed by atoms with Crippen LogP contribution in [0.25, 0.3) is 11.3 Å². The Balaban J connectivity index is 1.69. The molecule has 0 aromatic carbocycles. The van der Waals surface area contributed by atoms with Gasteiger partial charge in [0.2, 0.25) is 6.10 Å². The number of anilines is 1. The number of cyclic esters (lactones) is 1. The summed E-state index contributed by atoms with van der Waals surface area (Å²) in [7, 11) is 0. The Morgan fingerprint density at radius 3 is 2.79 bits per heavy atom. The SMILES string of the molecule is O=C1Nc2nccc(-c3nn([C@H]4CNC[C@H]4F)c4c3CCC4)c2[C@H](C(F)(F)F)O1. The molecule has 0 saturated carbocycles. The molecule has 11 heteroatoms. The zero-order valence-electron chi connectivity index (χ0n) is 15.1. The minimum Gasteiger partial charge on any atom is -0.431 e. The van der Waals surface area contributed by atoms with Crippen molar-refractivity contribution in [3.05, 3.63) is 29.1 Å². The first-order valence-electron chi connectivity index (χ1n) is 9.33. The molecule has 154 valence electrons. The number of nitrogens with zero attached hydrogens (tertiary/aromatic N) is 3. The number of alkyl halides is 4. The zero-order chi connectivity index (χ0) is 20.3. The highest BCUT2D eigenvalue weighted by Gasteiger charge is 2.49. The van der Waals surface area contributed by atoms with Gasteiger partial charge in [-0.05, 0) is 25.3 Å². The van der Waals surface area contributed by atoms with Gasteiger partial charge in [-0.3, -0.25) is 10.00 Å². The lowest BCUT2D eigenvalue weighted by molar-refractivity contribution is -0.206. The molecular formula is C18H17F4N5O2. The van der Waals surface area contributed by atoms with Crippen LogP contribution in [-0.2, 0) is 17.6 Å². The molecule has 2 aliphatic heterocycles. The summed E-state index contributed by atoms with van der Waals surface area (Å²) in [6.45, 7) is 0.628. The van der Waals surface area contributed by atoms with Gasteiger partial charge in [0.1, 0.15) is 12.0 Å². The molecule has 0 bridgehead atoms. The molecule has 7 nitrogen and oxygen atoms in total. The summed E-state index contributed by atoms with van der Waals surface area (Å²) in [5.74, 6) is -0.201. The van der Waals surface area contributed by atoms with E-state index in [1.165, 1.54) is 12.3 Å². The number of halogens is 4. The molecule has 0 spiro atoms. The monoisotopic (exact) mass is 411 g/mol. The Bertz CT molecular complexity index is 989. The average Bonchev–Trinajstić information content (AvgIpc) is 3.36. The van der Waals surface area contributed by atoms with E-state index in [9.17, 15) is 22.4 Å².